The van der Waals surface area contributed by atoms with Gasteiger partial charge in [-0.15, -0.1) is 0 Å². The van der Waals surface area contributed by atoms with Gasteiger partial charge in [0.25, 0.3) is 0 Å². The van der Waals surface area contributed by atoms with Crippen molar-refractivity contribution in [1.29, 1.82) is 0 Å². The third-order valence-electron chi connectivity index (χ3n) is 3.30. The first-order valence-corrected chi connectivity index (χ1v) is 8.67. The van der Waals surface area contributed by atoms with Crippen LogP contribution >= 0.6 is 0 Å². The van der Waals surface area contributed by atoms with Crippen LogP contribution in [-0.4, -0.2) is 38.9 Å². The van der Waals surface area contributed by atoms with E-state index in [0.29, 0.717) is 5.75 Å². The Bertz CT molecular complexity index is 699. The van der Waals surface area contributed by atoms with Gasteiger partial charge in [0.2, 0.25) is 10.0 Å². The minimum atomic E-state index is -5.08. The zero-order valence-corrected chi connectivity index (χ0v) is 14.1. The van der Waals surface area contributed by atoms with Gasteiger partial charge in [-0.1, -0.05) is 0 Å². The molecule has 142 valence electrons. The number of sulfonamides is 1. The van der Waals surface area contributed by atoms with Gasteiger partial charge in [-0.05, 0) is 37.8 Å². The number of carbonyl (C=O) groups is 1. The molecule has 25 heavy (non-hydrogen) atoms. The Balaban J connectivity index is 0.000000381. The number of aliphatic carboxylic acids is 1. The Morgan fingerprint density at radius 3 is 2.20 bits per heavy atom. The molecule has 0 unspecified atom stereocenters. The van der Waals surface area contributed by atoms with Crippen LogP contribution in [0.15, 0.2) is 23.1 Å². The molecule has 2 rings (SSSR count). The van der Waals surface area contributed by atoms with E-state index in [4.69, 9.17) is 24.5 Å². The number of halogens is 3. The number of carboxylic acid groups (broad SMARTS) is 1. The summed E-state index contributed by atoms with van der Waals surface area (Å²) in [6.45, 7) is 0. The molecule has 1 fully saturated rings. The Morgan fingerprint density at radius 2 is 1.80 bits per heavy atom. The van der Waals surface area contributed by atoms with Crippen LogP contribution in [0.3, 0.4) is 0 Å². The topological polar surface area (TPSA) is 116 Å². The summed E-state index contributed by atoms with van der Waals surface area (Å²) in [6, 6.07) is 4.54. The summed E-state index contributed by atoms with van der Waals surface area (Å²) in [4.78, 5) is 8.91. The first-order valence-electron chi connectivity index (χ1n) is 7.12. The summed E-state index contributed by atoms with van der Waals surface area (Å²) < 4.78 is 65.5. The number of methoxy groups -OCH3 is 1. The lowest BCUT2D eigenvalue weighted by atomic mass is 10.3. The molecule has 1 aliphatic carbocycles. The molecule has 0 bridgehead atoms. The van der Waals surface area contributed by atoms with Gasteiger partial charge >= 0.3 is 12.1 Å². The van der Waals surface area contributed by atoms with Crippen molar-refractivity contribution < 1.29 is 41.0 Å². The van der Waals surface area contributed by atoms with E-state index >= 15 is 0 Å². The van der Waals surface area contributed by atoms with E-state index in [9.17, 15) is 21.6 Å². The Labute approximate surface area is 142 Å². The summed E-state index contributed by atoms with van der Waals surface area (Å²) >= 11 is 0. The summed E-state index contributed by atoms with van der Waals surface area (Å²) in [7, 11) is -2.26. The predicted octanol–water partition coefficient (Wildman–Crippen LogP) is 2.30. The number of ether oxygens (including phenoxy) is 2. The van der Waals surface area contributed by atoms with Crippen LogP contribution in [0.2, 0.25) is 0 Å². The monoisotopic (exact) mass is 385 g/mol. The second-order valence-corrected chi connectivity index (χ2v) is 6.71. The third-order valence-corrected chi connectivity index (χ3v) is 4.25. The third kappa shape index (κ3) is 6.78. The van der Waals surface area contributed by atoms with Crippen molar-refractivity contribution in [2.24, 2.45) is 5.14 Å². The van der Waals surface area contributed by atoms with E-state index in [1.807, 2.05) is 0 Å². The van der Waals surface area contributed by atoms with Crippen LogP contribution < -0.4 is 14.6 Å². The maximum absolute atomic E-state index is 11.5. The zero-order valence-electron chi connectivity index (χ0n) is 13.2. The van der Waals surface area contributed by atoms with Crippen molar-refractivity contribution in [3.8, 4) is 11.5 Å². The molecule has 1 aromatic rings. The van der Waals surface area contributed by atoms with Gasteiger partial charge < -0.3 is 14.6 Å². The highest BCUT2D eigenvalue weighted by Gasteiger charge is 2.38. The number of hydrogen-bond donors (Lipinski definition) is 2. The van der Waals surface area contributed by atoms with Gasteiger partial charge in [0.05, 0.1) is 13.2 Å². The van der Waals surface area contributed by atoms with E-state index < -0.39 is 22.2 Å². The molecular formula is C14H18F3NO6S. The summed E-state index contributed by atoms with van der Waals surface area (Å²) in [5, 5.41) is 12.3. The maximum Gasteiger partial charge on any atom is 0.490 e. The van der Waals surface area contributed by atoms with Gasteiger partial charge in [-0.2, -0.15) is 13.2 Å². The Kier molecular flexibility index (Phi) is 7.06. The number of carboxylic acids is 1. The fraction of sp³-hybridized carbons (Fsp3) is 0.500. The standard InChI is InChI=1S/C12H17NO4S.C2HF3O2/c1-16-10-6-7-12(18(13,14)15)11(8-10)17-9-4-2-3-5-9;3-2(4,5)1(6)7/h6-9H,2-5H2,1H3,(H2,13,14,15);(H,6,7). The molecule has 0 heterocycles. The van der Waals surface area contributed by atoms with Gasteiger partial charge in [0.15, 0.2) is 0 Å². The molecule has 0 radical (unpaired) electrons. The maximum atomic E-state index is 11.5. The normalized spacial score (nSPS) is 15.2. The van der Waals surface area contributed by atoms with Crippen molar-refractivity contribution >= 4 is 16.0 Å². The highest BCUT2D eigenvalue weighted by Crippen LogP contribution is 2.31. The Hall–Kier alpha value is -2.01. The molecule has 1 aliphatic rings. The van der Waals surface area contributed by atoms with Crippen molar-refractivity contribution in [2.75, 3.05) is 7.11 Å². The molecule has 0 aromatic heterocycles. The molecule has 11 heteroatoms. The van der Waals surface area contributed by atoms with E-state index in [0.717, 1.165) is 25.7 Å². The molecule has 0 atom stereocenters. The second-order valence-electron chi connectivity index (χ2n) is 5.18. The number of hydrogen-bond acceptors (Lipinski definition) is 5. The summed E-state index contributed by atoms with van der Waals surface area (Å²) in [5.74, 6) is -1.92. The van der Waals surface area contributed by atoms with Crippen LogP contribution in [0.25, 0.3) is 0 Å². The van der Waals surface area contributed by atoms with Crippen molar-refractivity contribution in [3.63, 3.8) is 0 Å². The van der Waals surface area contributed by atoms with Crippen LogP contribution in [0, 0.1) is 0 Å². The SMILES string of the molecule is COc1ccc(S(N)(=O)=O)c(OC2CCCC2)c1.O=C(O)C(F)(F)F. The number of nitrogens with two attached hydrogens (primary N) is 1. The van der Waals surface area contributed by atoms with E-state index in [1.165, 1.54) is 13.2 Å². The molecular weight excluding hydrogens is 367 g/mol. The van der Waals surface area contributed by atoms with E-state index in [2.05, 4.69) is 0 Å². The lowest BCUT2D eigenvalue weighted by Gasteiger charge is -2.16. The lowest BCUT2D eigenvalue weighted by molar-refractivity contribution is -0.192. The predicted molar refractivity (Wildman–Crippen MR) is 80.9 cm³/mol. The molecule has 3 N–H and O–H groups in total. The highest BCUT2D eigenvalue weighted by molar-refractivity contribution is 7.89. The minimum Gasteiger partial charge on any atom is -0.497 e. The Morgan fingerprint density at radius 1 is 1.28 bits per heavy atom. The molecule has 0 aliphatic heterocycles. The molecule has 1 aromatic carbocycles. The quantitative estimate of drug-likeness (QED) is 0.822. The van der Waals surface area contributed by atoms with Crippen LogP contribution in [0.4, 0.5) is 13.2 Å². The first-order chi connectivity index (χ1) is 11.4. The fourth-order valence-corrected chi connectivity index (χ4v) is 2.77. The number of benzene rings is 1. The van der Waals surface area contributed by atoms with Crippen LogP contribution in [-0.2, 0) is 14.8 Å². The average molecular weight is 385 g/mol. The van der Waals surface area contributed by atoms with Crippen LogP contribution in [0.1, 0.15) is 25.7 Å². The van der Waals surface area contributed by atoms with Crippen molar-refractivity contribution in [1.82, 2.24) is 0 Å². The number of primary sulfonamides is 1. The van der Waals surface area contributed by atoms with Gasteiger partial charge in [0.1, 0.15) is 16.4 Å². The number of alkyl halides is 3. The molecule has 0 amide bonds. The molecule has 1 saturated carbocycles. The average Bonchev–Trinajstić information content (AvgIpc) is 2.98. The molecule has 0 saturated heterocycles. The zero-order chi connectivity index (χ0) is 19.3. The number of rotatable bonds is 4. The summed E-state index contributed by atoms with van der Waals surface area (Å²) in [5.41, 5.74) is 0. The fourth-order valence-electron chi connectivity index (χ4n) is 2.13. The first kappa shape index (κ1) is 21.0. The van der Waals surface area contributed by atoms with E-state index in [1.54, 1.807) is 12.1 Å². The second kappa shape index (κ2) is 8.39. The highest BCUT2D eigenvalue weighted by atomic mass is 32.2. The molecule has 7 nitrogen and oxygen atoms in total. The summed E-state index contributed by atoms with van der Waals surface area (Å²) in [6.07, 6.45) is -0.904. The van der Waals surface area contributed by atoms with Gasteiger partial charge in [0, 0.05) is 6.07 Å². The van der Waals surface area contributed by atoms with Crippen molar-refractivity contribution in [3.05, 3.63) is 18.2 Å². The molecule has 0 spiro atoms. The minimum absolute atomic E-state index is 0.00944. The van der Waals surface area contributed by atoms with Gasteiger partial charge in [-0.25, -0.2) is 18.4 Å². The largest absolute Gasteiger partial charge is 0.497 e. The van der Waals surface area contributed by atoms with Crippen LogP contribution in [0.5, 0.6) is 11.5 Å². The van der Waals surface area contributed by atoms with Gasteiger partial charge in [-0.3, -0.25) is 0 Å². The lowest BCUT2D eigenvalue weighted by Crippen LogP contribution is -2.21. The van der Waals surface area contributed by atoms with Crippen molar-refractivity contribution in [2.45, 2.75) is 42.9 Å². The van der Waals surface area contributed by atoms with E-state index in [-0.39, 0.29) is 16.7 Å². The smallest absolute Gasteiger partial charge is 0.490 e.